The van der Waals surface area contributed by atoms with Crippen molar-refractivity contribution in [3.63, 3.8) is 0 Å². The molecule has 0 radical (unpaired) electrons. The van der Waals surface area contributed by atoms with Crippen molar-refractivity contribution in [3.8, 4) is 22.7 Å². The monoisotopic (exact) mass is 399 g/mol. The van der Waals surface area contributed by atoms with Crippen molar-refractivity contribution >= 4 is 23.4 Å². The number of anilines is 1. The molecular weight excluding hydrogens is 382 g/mol. The Hall–Kier alpha value is -3.58. The quantitative estimate of drug-likeness (QED) is 0.333. The van der Waals surface area contributed by atoms with Crippen molar-refractivity contribution in [3.05, 3.63) is 84.6 Å². The topological polar surface area (TPSA) is 82.2 Å². The summed E-state index contributed by atoms with van der Waals surface area (Å²) >= 11 is 1.62. The molecule has 0 aliphatic carbocycles. The minimum Gasteiger partial charge on any atom is -0.461 e. The second kappa shape index (κ2) is 7.44. The summed E-state index contributed by atoms with van der Waals surface area (Å²) in [7, 11) is 0. The van der Waals surface area contributed by atoms with Crippen LogP contribution >= 0.6 is 11.8 Å². The SMILES string of the molecule is Nc1nc(SCc2ccc(-c3ccccc3)cc2)cc2nc(-c3ccco3)nn12. The lowest BCUT2D eigenvalue weighted by atomic mass is 10.0. The van der Waals surface area contributed by atoms with E-state index in [1.807, 2.05) is 30.3 Å². The molecule has 5 rings (SSSR count). The van der Waals surface area contributed by atoms with Gasteiger partial charge in [0.2, 0.25) is 11.8 Å². The molecule has 0 saturated heterocycles. The summed E-state index contributed by atoms with van der Waals surface area (Å²) < 4.78 is 6.89. The van der Waals surface area contributed by atoms with Gasteiger partial charge in [-0.15, -0.1) is 16.9 Å². The lowest BCUT2D eigenvalue weighted by Gasteiger charge is -2.05. The number of furan rings is 1. The summed E-state index contributed by atoms with van der Waals surface area (Å²) in [5.74, 6) is 2.18. The van der Waals surface area contributed by atoms with Gasteiger partial charge in [-0.1, -0.05) is 54.6 Å². The first-order valence-corrected chi connectivity index (χ1v) is 10.1. The molecule has 142 valence electrons. The van der Waals surface area contributed by atoms with Crippen molar-refractivity contribution in [2.24, 2.45) is 0 Å². The first kappa shape index (κ1) is 17.5. The minimum absolute atomic E-state index is 0.301. The van der Waals surface area contributed by atoms with Crippen molar-refractivity contribution < 1.29 is 4.42 Å². The summed E-state index contributed by atoms with van der Waals surface area (Å²) in [6.45, 7) is 0. The molecule has 0 atom stereocenters. The van der Waals surface area contributed by atoms with E-state index in [1.54, 1.807) is 24.1 Å². The number of nitrogens with zero attached hydrogens (tertiary/aromatic N) is 4. The number of hydrogen-bond donors (Lipinski definition) is 1. The van der Waals surface area contributed by atoms with Gasteiger partial charge in [0.25, 0.3) is 0 Å². The van der Waals surface area contributed by atoms with Crippen LogP contribution in [0.4, 0.5) is 5.95 Å². The Morgan fingerprint density at radius 2 is 1.69 bits per heavy atom. The van der Waals surface area contributed by atoms with Crippen LogP contribution in [0.2, 0.25) is 0 Å². The molecule has 0 spiro atoms. The van der Waals surface area contributed by atoms with Gasteiger partial charge in [0.1, 0.15) is 5.03 Å². The normalized spacial score (nSPS) is 11.2. The van der Waals surface area contributed by atoms with Gasteiger partial charge in [0, 0.05) is 11.8 Å². The molecule has 0 bridgehead atoms. The van der Waals surface area contributed by atoms with E-state index < -0.39 is 0 Å². The Balaban J connectivity index is 1.34. The van der Waals surface area contributed by atoms with E-state index >= 15 is 0 Å². The fraction of sp³-hybridized carbons (Fsp3) is 0.0455. The fourth-order valence-corrected chi connectivity index (χ4v) is 3.91. The highest BCUT2D eigenvalue weighted by Gasteiger charge is 2.12. The van der Waals surface area contributed by atoms with Crippen LogP contribution in [0, 0.1) is 0 Å². The highest BCUT2D eigenvalue weighted by atomic mass is 32.2. The fourth-order valence-electron chi connectivity index (χ4n) is 3.05. The minimum atomic E-state index is 0.301. The summed E-state index contributed by atoms with van der Waals surface area (Å²) in [6, 6.07) is 24.4. The number of fused-ring (bicyclic) bond motifs is 1. The van der Waals surface area contributed by atoms with Gasteiger partial charge >= 0.3 is 0 Å². The Labute approximate surface area is 171 Å². The summed E-state index contributed by atoms with van der Waals surface area (Å²) in [6.07, 6.45) is 1.59. The lowest BCUT2D eigenvalue weighted by molar-refractivity contribution is 0.577. The van der Waals surface area contributed by atoms with E-state index in [-0.39, 0.29) is 0 Å². The van der Waals surface area contributed by atoms with Gasteiger partial charge in [-0.05, 0) is 28.8 Å². The van der Waals surface area contributed by atoms with E-state index in [4.69, 9.17) is 10.2 Å². The number of rotatable bonds is 5. The van der Waals surface area contributed by atoms with Crippen LogP contribution in [-0.2, 0) is 5.75 Å². The van der Waals surface area contributed by atoms with Gasteiger partial charge in [-0.3, -0.25) is 0 Å². The average Bonchev–Trinajstić information content (AvgIpc) is 3.43. The first-order chi connectivity index (χ1) is 14.3. The molecule has 2 N–H and O–H groups in total. The summed E-state index contributed by atoms with van der Waals surface area (Å²) in [4.78, 5) is 8.95. The van der Waals surface area contributed by atoms with Crippen LogP contribution in [0.15, 0.2) is 88.5 Å². The number of aromatic nitrogens is 4. The zero-order valence-electron chi connectivity index (χ0n) is 15.4. The third kappa shape index (κ3) is 3.60. The van der Waals surface area contributed by atoms with Crippen LogP contribution in [0.25, 0.3) is 28.4 Å². The number of benzene rings is 2. The second-order valence-electron chi connectivity index (χ2n) is 6.49. The number of hydrogen-bond acceptors (Lipinski definition) is 6. The standard InChI is InChI=1S/C22H17N5OS/c23-22-25-20(13-19-24-21(26-27(19)22)18-7-4-12-28-18)29-14-15-8-10-17(11-9-15)16-5-2-1-3-6-16/h1-13H,14H2,(H2,23,25). The van der Waals surface area contributed by atoms with Gasteiger partial charge in [-0.25, -0.2) is 9.97 Å². The molecule has 0 unspecified atom stereocenters. The molecule has 7 heteroatoms. The maximum atomic E-state index is 6.08. The van der Waals surface area contributed by atoms with Gasteiger partial charge in [0.05, 0.1) is 6.26 Å². The van der Waals surface area contributed by atoms with Crippen LogP contribution in [0.1, 0.15) is 5.56 Å². The van der Waals surface area contributed by atoms with Crippen LogP contribution < -0.4 is 5.73 Å². The Morgan fingerprint density at radius 3 is 2.45 bits per heavy atom. The van der Waals surface area contributed by atoms with Crippen molar-refractivity contribution in [2.75, 3.05) is 5.73 Å². The second-order valence-corrected chi connectivity index (χ2v) is 7.48. The molecule has 6 nitrogen and oxygen atoms in total. The maximum absolute atomic E-state index is 6.08. The van der Waals surface area contributed by atoms with Crippen LogP contribution in [0.3, 0.4) is 0 Å². The molecule has 0 aliphatic rings. The van der Waals surface area contributed by atoms with Crippen LogP contribution in [0.5, 0.6) is 0 Å². The molecule has 3 aromatic heterocycles. The van der Waals surface area contributed by atoms with Crippen LogP contribution in [-0.4, -0.2) is 19.6 Å². The highest BCUT2D eigenvalue weighted by molar-refractivity contribution is 7.98. The number of thioether (sulfide) groups is 1. The molecule has 29 heavy (non-hydrogen) atoms. The molecule has 2 aromatic carbocycles. The van der Waals surface area contributed by atoms with Gasteiger partial charge in [-0.2, -0.15) is 4.52 Å². The van der Waals surface area contributed by atoms with E-state index in [2.05, 4.69) is 51.5 Å². The molecule has 0 fully saturated rings. The number of nitrogen functional groups attached to an aromatic ring is 1. The summed E-state index contributed by atoms with van der Waals surface area (Å²) in [5, 5.41) is 5.17. The predicted octanol–water partition coefficient (Wildman–Crippen LogP) is 4.93. The van der Waals surface area contributed by atoms with Crippen molar-refractivity contribution in [1.82, 2.24) is 19.6 Å². The average molecular weight is 399 g/mol. The zero-order valence-corrected chi connectivity index (χ0v) is 16.2. The molecule has 0 aliphatic heterocycles. The zero-order chi connectivity index (χ0) is 19.6. The predicted molar refractivity (Wildman–Crippen MR) is 114 cm³/mol. The Morgan fingerprint density at radius 1 is 0.897 bits per heavy atom. The van der Waals surface area contributed by atoms with Crippen molar-refractivity contribution in [1.29, 1.82) is 0 Å². The van der Waals surface area contributed by atoms with Gasteiger partial charge < -0.3 is 10.2 Å². The van der Waals surface area contributed by atoms with E-state index in [1.165, 1.54) is 21.2 Å². The molecule has 0 amide bonds. The largest absolute Gasteiger partial charge is 0.461 e. The third-order valence-electron chi connectivity index (χ3n) is 4.52. The molecule has 3 heterocycles. The number of nitrogens with two attached hydrogens (primary N) is 1. The molecular formula is C22H17N5OS. The molecule has 5 aromatic rings. The Bertz CT molecular complexity index is 1250. The van der Waals surface area contributed by atoms with E-state index in [0.29, 0.717) is 23.2 Å². The van der Waals surface area contributed by atoms with E-state index in [9.17, 15) is 0 Å². The van der Waals surface area contributed by atoms with Crippen molar-refractivity contribution in [2.45, 2.75) is 10.8 Å². The third-order valence-corrected chi connectivity index (χ3v) is 5.50. The van der Waals surface area contributed by atoms with Gasteiger partial charge in [0.15, 0.2) is 11.4 Å². The smallest absolute Gasteiger partial charge is 0.224 e. The maximum Gasteiger partial charge on any atom is 0.224 e. The molecule has 0 saturated carbocycles. The highest BCUT2D eigenvalue weighted by Crippen LogP contribution is 2.26. The lowest BCUT2D eigenvalue weighted by Crippen LogP contribution is -2.02. The van der Waals surface area contributed by atoms with E-state index in [0.717, 1.165) is 10.8 Å². The Kier molecular flexibility index (Phi) is 4.50. The summed E-state index contributed by atoms with van der Waals surface area (Å²) in [5.41, 5.74) is 10.4. The first-order valence-electron chi connectivity index (χ1n) is 9.10.